The molecule has 0 unspecified atom stereocenters. The maximum atomic E-state index is 14.4. The van der Waals surface area contributed by atoms with E-state index in [2.05, 4.69) is 10.3 Å². The molecule has 3 aromatic rings. The number of rotatable bonds is 6. The largest absolute Gasteiger partial charge is 0.349 e. The van der Waals surface area contributed by atoms with Gasteiger partial charge in [-0.25, -0.2) is 4.39 Å². The summed E-state index contributed by atoms with van der Waals surface area (Å²) < 4.78 is 14.4. The molecule has 2 N–H and O–H groups in total. The van der Waals surface area contributed by atoms with E-state index in [0.29, 0.717) is 17.1 Å². The Morgan fingerprint density at radius 3 is 2.59 bits per heavy atom. The van der Waals surface area contributed by atoms with Crippen molar-refractivity contribution in [2.45, 2.75) is 26.3 Å². The Bertz CT molecular complexity index is 1030. The first kappa shape index (κ1) is 21.2. The average molecular weight is 415 g/mol. The maximum Gasteiger partial charge on any atom is 0.224 e. The zero-order valence-corrected chi connectivity index (χ0v) is 17.9. The number of quaternary nitrogens is 1. The number of hydrogen-bond acceptors (Lipinski definition) is 2. The molecule has 2 aromatic carbocycles. The number of carbonyl (C=O) groups excluding carboxylic acids is 1. The highest BCUT2D eigenvalue weighted by atomic mass is 35.5. The first-order valence-electron chi connectivity index (χ1n) is 9.65. The second-order valence-electron chi connectivity index (χ2n) is 7.56. The number of nitrogens with zero attached hydrogens (tertiary/aromatic N) is 1. The summed E-state index contributed by atoms with van der Waals surface area (Å²) in [6.07, 6.45) is 0.232. The van der Waals surface area contributed by atoms with Crippen molar-refractivity contribution in [3.63, 3.8) is 0 Å². The fourth-order valence-corrected chi connectivity index (χ4v) is 4.00. The Labute approximate surface area is 175 Å². The van der Waals surface area contributed by atoms with Crippen molar-refractivity contribution in [1.82, 2.24) is 10.3 Å². The van der Waals surface area contributed by atoms with Crippen LogP contribution in [0.3, 0.4) is 0 Å². The number of halogens is 2. The van der Waals surface area contributed by atoms with Crippen LogP contribution < -0.4 is 10.2 Å². The van der Waals surface area contributed by atoms with E-state index in [9.17, 15) is 9.18 Å². The number of amides is 1. The number of hydrogen-bond donors (Lipinski definition) is 2. The molecule has 0 radical (unpaired) electrons. The van der Waals surface area contributed by atoms with Crippen molar-refractivity contribution in [1.29, 1.82) is 0 Å². The van der Waals surface area contributed by atoms with Crippen molar-refractivity contribution in [3.8, 4) is 0 Å². The Kier molecular flexibility index (Phi) is 6.50. The van der Waals surface area contributed by atoms with Gasteiger partial charge in [0.25, 0.3) is 0 Å². The summed E-state index contributed by atoms with van der Waals surface area (Å²) in [7, 11) is 3.84. The van der Waals surface area contributed by atoms with Crippen LogP contribution in [0, 0.1) is 19.7 Å². The molecule has 0 saturated carbocycles. The van der Waals surface area contributed by atoms with Crippen LogP contribution in [0.5, 0.6) is 0 Å². The molecule has 1 atom stereocenters. The van der Waals surface area contributed by atoms with E-state index in [1.807, 2.05) is 52.2 Å². The molecule has 0 bridgehead atoms. The second-order valence-corrected chi connectivity index (χ2v) is 7.97. The SMILES string of the molecule is Cc1nc2ccccc2c(C)c1CC(=O)NC[C@@H](c1c(F)cccc1Cl)[NH+](C)C. The summed E-state index contributed by atoms with van der Waals surface area (Å²) in [4.78, 5) is 18.3. The minimum Gasteiger partial charge on any atom is -0.349 e. The van der Waals surface area contributed by atoms with Crippen LogP contribution in [0.1, 0.15) is 28.4 Å². The molecule has 0 aliphatic carbocycles. The third kappa shape index (κ3) is 4.57. The molecule has 0 aliphatic rings. The zero-order chi connectivity index (χ0) is 21.1. The Morgan fingerprint density at radius 1 is 1.17 bits per heavy atom. The molecule has 1 heterocycles. The van der Waals surface area contributed by atoms with E-state index in [-0.39, 0.29) is 24.2 Å². The van der Waals surface area contributed by atoms with Gasteiger partial charge in [-0.05, 0) is 43.2 Å². The van der Waals surface area contributed by atoms with Gasteiger partial charge in [-0.15, -0.1) is 0 Å². The van der Waals surface area contributed by atoms with Gasteiger partial charge in [-0.3, -0.25) is 9.78 Å². The smallest absolute Gasteiger partial charge is 0.224 e. The summed E-state index contributed by atoms with van der Waals surface area (Å²) in [6, 6.07) is 12.3. The minimum atomic E-state index is -0.358. The Morgan fingerprint density at radius 2 is 1.90 bits per heavy atom. The summed E-state index contributed by atoms with van der Waals surface area (Å²) >= 11 is 6.24. The third-order valence-electron chi connectivity index (χ3n) is 5.37. The molecule has 0 fully saturated rings. The van der Waals surface area contributed by atoms with E-state index in [1.54, 1.807) is 12.1 Å². The number of para-hydroxylation sites is 1. The molecule has 6 heteroatoms. The Balaban J connectivity index is 1.78. The molecule has 1 aromatic heterocycles. The lowest BCUT2D eigenvalue weighted by atomic mass is 9.99. The number of carbonyl (C=O) groups is 1. The van der Waals surface area contributed by atoms with Crippen LogP contribution in [-0.4, -0.2) is 31.5 Å². The van der Waals surface area contributed by atoms with Crippen LogP contribution in [0.4, 0.5) is 4.39 Å². The van der Waals surface area contributed by atoms with Crippen LogP contribution in [0.2, 0.25) is 5.02 Å². The highest BCUT2D eigenvalue weighted by Gasteiger charge is 2.25. The molecule has 0 spiro atoms. The topological polar surface area (TPSA) is 46.4 Å². The molecule has 4 nitrogen and oxygen atoms in total. The highest BCUT2D eigenvalue weighted by molar-refractivity contribution is 6.31. The number of nitrogens with one attached hydrogen (secondary N) is 2. The number of likely N-dealkylation sites (N-methyl/N-ethyl adjacent to an activating group) is 1. The lowest BCUT2D eigenvalue weighted by Crippen LogP contribution is -3.07. The van der Waals surface area contributed by atoms with Crippen molar-refractivity contribution in [3.05, 3.63) is 75.7 Å². The molecule has 3 rings (SSSR count). The first-order chi connectivity index (χ1) is 13.8. The number of aryl methyl sites for hydroxylation is 2. The average Bonchev–Trinajstić information content (AvgIpc) is 2.67. The van der Waals surface area contributed by atoms with Crippen molar-refractivity contribution >= 4 is 28.4 Å². The lowest BCUT2D eigenvalue weighted by molar-refractivity contribution is -0.890. The summed E-state index contributed by atoms with van der Waals surface area (Å²) in [5.74, 6) is -0.477. The summed E-state index contributed by atoms with van der Waals surface area (Å²) in [5, 5.41) is 4.38. The highest BCUT2D eigenvalue weighted by Crippen LogP contribution is 2.25. The number of benzene rings is 2. The molecule has 29 heavy (non-hydrogen) atoms. The van der Waals surface area contributed by atoms with Crippen LogP contribution in [0.15, 0.2) is 42.5 Å². The lowest BCUT2D eigenvalue weighted by Gasteiger charge is -2.23. The molecular weight excluding hydrogens is 389 g/mol. The van der Waals surface area contributed by atoms with Crippen molar-refractivity contribution < 1.29 is 14.1 Å². The quantitative estimate of drug-likeness (QED) is 0.650. The van der Waals surface area contributed by atoms with E-state index in [1.165, 1.54) is 6.07 Å². The predicted molar refractivity (Wildman–Crippen MR) is 115 cm³/mol. The van der Waals surface area contributed by atoms with E-state index >= 15 is 0 Å². The molecular formula is C23H26ClFN3O+. The minimum absolute atomic E-state index is 0.119. The van der Waals surface area contributed by atoms with Gasteiger partial charge in [-0.1, -0.05) is 35.9 Å². The van der Waals surface area contributed by atoms with E-state index in [4.69, 9.17) is 11.6 Å². The third-order valence-corrected chi connectivity index (χ3v) is 5.70. The van der Waals surface area contributed by atoms with Gasteiger partial charge < -0.3 is 10.2 Å². The van der Waals surface area contributed by atoms with Gasteiger partial charge in [0.05, 0.1) is 43.2 Å². The maximum absolute atomic E-state index is 14.4. The van der Waals surface area contributed by atoms with Crippen LogP contribution in [-0.2, 0) is 11.2 Å². The normalized spacial score (nSPS) is 12.4. The van der Waals surface area contributed by atoms with Gasteiger partial charge in [0.1, 0.15) is 11.9 Å². The summed E-state index contributed by atoms with van der Waals surface area (Å²) in [6.45, 7) is 4.24. The van der Waals surface area contributed by atoms with Crippen LogP contribution >= 0.6 is 11.6 Å². The van der Waals surface area contributed by atoms with Gasteiger partial charge in [0.15, 0.2) is 0 Å². The van der Waals surface area contributed by atoms with Gasteiger partial charge in [0.2, 0.25) is 5.91 Å². The standard InChI is InChI=1S/C23H25ClFN3O/c1-14-16-8-5-6-11-20(16)27-15(2)17(14)12-22(29)26-13-21(28(3)4)23-18(24)9-7-10-19(23)25/h5-11,21H,12-13H2,1-4H3,(H,26,29)/p+1/t21-/m0/s1. The van der Waals surface area contributed by atoms with E-state index < -0.39 is 0 Å². The molecule has 1 amide bonds. The van der Waals surface area contributed by atoms with Crippen LogP contribution in [0.25, 0.3) is 10.9 Å². The number of fused-ring (bicyclic) bond motifs is 1. The van der Waals surface area contributed by atoms with Crippen molar-refractivity contribution in [2.75, 3.05) is 20.6 Å². The van der Waals surface area contributed by atoms with Gasteiger partial charge in [0, 0.05) is 11.1 Å². The van der Waals surface area contributed by atoms with Gasteiger partial charge in [-0.2, -0.15) is 0 Å². The number of aromatic nitrogens is 1. The Hall–Kier alpha value is -2.50. The molecule has 0 aliphatic heterocycles. The first-order valence-corrected chi connectivity index (χ1v) is 10.0. The predicted octanol–water partition coefficient (Wildman–Crippen LogP) is 3.19. The zero-order valence-electron chi connectivity index (χ0n) is 17.1. The molecule has 152 valence electrons. The van der Waals surface area contributed by atoms with Gasteiger partial charge >= 0.3 is 0 Å². The molecule has 0 saturated heterocycles. The fraction of sp³-hybridized carbons (Fsp3) is 0.304. The van der Waals surface area contributed by atoms with E-state index in [0.717, 1.165) is 32.6 Å². The number of pyridine rings is 1. The fourth-order valence-electron chi connectivity index (χ4n) is 3.71. The van der Waals surface area contributed by atoms with Crippen molar-refractivity contribution in [2.24, 2.45) is 0 Å². The second kappa shape index (κ2) is 8.89. The summed E-state index contributed by atoms with van der Waals surface area (Å²) in [5.41, 5.74) is 4.20. The monoisotopic (exact) mass is 414 g/mol.